The quantitative estimate of drug-likeness (QED) is 0.563. The molecular formula is C24H23ClN2O3S. The first-order chi connectivity index (χ1) is 14.9. The number of fused-ring (bicyclic) bond motifs is 1. The topological polar surface area (TPSA) is 57.7 Å². The zero-order valence-electron chi connectivity index (χ0n) is 16.9. The molecule has 31 heavy (non-hydrogen) atoms. The fourth-order valence-electron chi connectivity index (χ4n) is 3.73. The normalized spacial score (nSPS) is 13.8. The van der Waals surface area contributed by atoms with Crippen LogP contribution < -0.4 is 0 Å². The third-order valence-corrected chi connectivity index (χ3v) is 7.51. The highest BCUT2D eigenvalue weighted by atomic mass is 35.5. The highest BCUT2D eigenvalue weighted by Crippen LogP contribution is 2.23. The Morgan fingerprint density at radius 2 is 1.55 bits per heavy atom. The fourth-order valence-corrected chi connectivity index (χ4v) is 5.23. The van der Waals surface area contributed by atoms with Gasteiger partial charge in [0.25, 0.3) is 0 Å². The van der Waals surface area contributed by atoms with Crippen LogP contribution in [0.25, 0.3) is 0 Å². The van der Waals surface area contributed by atoms with E-state index in [1.165, 1.54) is 22.0 Å². The van der Waals surface area contributed by atoms with E-state index < -0.39 is 10.0 Å². The summed E-state index contributed by atoms with van der Waals surface area (Å²) in [7, 11) is -3.88. The first-order valence-electron chi connectivity index (χ1n) is 10.1. The summed E-state index contributed by atoms with van der Waals surface area (Å²) in [5, 5.41) is 0.455. The van der Waals surface area contributed by atoms with Crippen molar-refractivity contribution in [2.75, 3.05) is 13.1 Å². The van der Waals surface area contributed by atoms with Gasteiger partial charge in [0.1, 0.15) is 0 Å². The van der Waals surface area contributed by atoms with Crippen LogP contribution in [-0.2, 0) is 34.3 Å². The summed E-state index contributed by atoms with van der Waals surface area (Å²) in [6, 6.07) is 23.3. The third-order valence-electron chi connectivity index (χ3n) is 5.45. The number of hydrogen-bond acceptors (Lipinski definition) is 3. The molecule has 0 aromatic heterocycles. The molecule has 1 aliphatic rings. The smallest absolute Gasteiger partial charge is 0.243 e. The minimum absolute atomic E-state index is 0.113. The van der Waals surface area contributed by atoms with E-state index in [0.717, 1.165) is 17.5 Å². The minimum atomic E-state index is -3.88. The molecule has 1 amide bonds. The molecule has 4 rings (SSSR count). The van der Waals surface area contributed by atoms with E-state index in [0.29, 0.717) is 18.1 Å². The van der Waals surface area contributed by atoms with Gasteiger partial charge in [-0.1, -0.05) is 66.2 Å². The molecule has 0 spiro atoms. The van der Waals surface area contributed by atoms with Crippen molar-refractivity contribution in [3.05, 3.63) is 101 Å². The first-order valence-corrected chi connectivity index (χ1v) is 11.9. The van der Waals surface area contributed by atoms with Crippen molar-refractivity contribution in [3.8, 4) is 0 Å². The van der Waals surface area contributed by atoms with E-state index >= 15 is 0 Å². The van der Waals surface area contributed by atoms with Crippen molar-refractivity contribution in [2.45, 2.75) is 24.4 Å². The number of halogens is 1. The van der Waals surface area contributed by atoms with Crippen molar-refractivity contribution < 1.29 is 13.2 Å². The number of carbonyl (C=O) groups is 1. The molecule has 0 saturated heterocycles. The second kappa shape index (κ2) is 9.22. The van der Waals surface area contributed by atoms with Crippen LogP contribution in [-0.4, -0.2) is 36.6 Å². The number of benzene rings is 3. The van der Waals surface area contributed by atoms with Gasteiger partial charge in [-0.15, -0.1) is 0 Å². The van der Waals surface area contributed by atoms with Gasteiger partial charge in [0.05, 0.1) is 11.4 Å². The average molecular weight is 455 g/mol. The number of rotatable bonds is 6. The van der Waals surface area contributed by atoms with Gasteiger partial charge >= 0.3 is 0 Å². The summed E-state index contributed by atoms with van der Waals surface area (Å²) >= 11 is 5.93. The zero-order chi connectivity index (χ0) is 21.8. The molecule has 3 aromatic carbocycles. The average Bonchev–Trinajstić information content (AvgIpc) is 2.79. The van der Waals surface area contributed by atoms with Crippen LogP contribution in [0.3, 0.4) is 0 Å². The Bertz CT molecular complexity index is 1160. The van der Waals surface area contributed by atoms with E-state index in [1.54, 1.807) is 17.0 Å². The molecule has 1 aliphatic heterocycles. The summed E-state index contributed by atoms with van der Waals surface area (Å²) in [5.74, 6) is -0.206. The van der Waals surface area contributed by atoms with Gasteiger partial charge in [-0.2, -0.15) is 4.31 Å². The summed E-state index contributed by atoms with van der Waals surface area (Å²) in [4.78, 5) is 15.0. The molecule has 0 unspecified atom stereocenters. The largest absolute Gasteiger partial charge is 0.337 e. The van der Waals surface area contributed by atoms with Crippen molar-refractivity contribution in [2.24, 2.45) is 0 Å². The molecule has 0 bridgehead atoms. The molecule has 3 aromatic rings. The summed E-state index contributed by atoms with van der Waals surface area (Å²) in [5.41, 5.74) is 3.16. The van der Waals surface area contributed by atoms with E-state index in [4.69, 9.17) is 11.6 Å². The minimum Gasteiger partial charge on any atom is -0.337 e. The van der Waals surface area contributed by atoms with Gasteiger partial charge in [-0.3, -0.25) is 4.79 Å². The second-order valence-corrected chi connectivity index (χ2v) is 9.92. The van der Waals surface area contributed by atoms with Crippen molar-refractivity contribution in [3.63, 3.8) is 0 Å². The van der Waals surface area contributed by atoms with E-state index in [2.05, 4.69) is 6.07 Å². The lowest BCUT2D eigenvalue weighted by atomic mass is 10.00. The van der Waals surface area contributed by atoms with Crippen LogP contribution in [0.15, 0.2) is 83.8 Å². The predicted octanol–water partition coefficient (Wildman–Crippen LogP) is 4.12. The highest BCUT2D eigenvalue weighted by molar-refractivity contribution is 7.89. The SMILES string of the molecule is O=C(CN(Cc1ccccc1)S(=O)(=O)c1ccc(Cl)cc1)N1CCc2ccccc2C1. The number of carbonyl (C=O) groups excluding carboxylic acids is 1. The molecule has 7 heteroatoms. The predicted molar refractivity (Wildman–Crippen MR) is 121 cm³/mol. The van der Waals surface area contributed by atoms with Gasteiger partial charge in [0.15, 0.2) is 0 Å². The number of sulfonamides is 1. The van der Waals surface area contributed by atoms with Gasteiger partial charge in [0.2, 0.25) is 15.9 Å². The van der Waals surface area contributed by atoms with Crippen molar-refractivity contribution in [1.82, 2.24) is 9.21 Å². The molecule has 0 fully saturated rings. The Balaban J connectivity index is 1.58. The lowest BCUT2D eigenvalue weighted by molar-refractivity contribution is -0.132. The van der Waals surface area contributed by atoms with Gasteiger partial charge < -0.3 is 4.90 Å². The van der Waals surface area contributed by atoms with Crippen LogP contribution >= 0.6 is 11.6 Å². The molecule has 160 valence electrons. The highest BCUT2D eigenvalue weighted by Gasteiger charge is 2.30. The Hall–Kier alpha value is -2.67. The Morgan fingerprint density at radius 1 is 0.903 bits per heavy atom. The molecule has 0 N–H and O–H groups in total. The summed E-state index contributed by atoms with van der Waals surface area (Å²) in [6.45, 7) is 0.967. The standard InChI is InChI=1S/C24H23ClN2O3S/c25-22-10-12-23(13-11-22)31(29,30)27(16-19-6-2-1-3-7-19)18-24(28)26-15-14-20-8-4-5-9-21(20)17-26/h1-13H,14-18H2. The Kier molecular flexibility index (Phi) is 6.41. The molecular weight excluding hydrogens is 432 g/mol. The van der Waals surface area contributed by atoms with Crippen LogP contribution in [0.4, 0.5) is 0 Å². The molecule has 1 heterocycles. The van der Waals surface area contributed by atoms with Crippen LogP contribution in [0.5, 0.6) is 0 Å². The zero-order valence-corrected chi connectivity index (χ0v) is 18.5. The molecule has 0 aliphatic carbocycles. The van der Waals surface area contributed by atoms with Crippen molar-refractivity contribution >= 4 is 27.5 Å². The van der Waals surface area contributed by atoms with Crippen LogP contribution in [0.1, 0.15) is 16.7 Å². The molecule has 0 radical (unpaired) electrons. The first kappa shape index (κ1) is 21.6. The maximum absolute atomic E-state index is 13.4. The van der Waals surface area contributed by atoms with Gasteiger partial charge in [-0.05, 0) is 47.4 Å². The summed E-state index contributed by atoms with van der Waals surface area (Å²) in [6.07, 6.45) is 0.768. The van der Waals surface area contributed by atoms with E-state index in [-0.39, 0.29) is 23.9 Å². The maximum atomic E-state index is 13.4. The monoisotopic (exact) mass is 454 g/mol. The Morgan fingerprint density at radius 3 is 2.26 bits per heavy atom. The number of nitrogens with zero attached hydrogens (tertiary/aromatic N) is 2. The summed E-state index contributed by atoms with van der Waals surface area (Å²) < 4.78 is 28.0. The maximum Gasteiger partial charge on any atom is 0.243 e. The van der Waals surface area contributed by atoms with Crippen molar-refractivity contribution in [1.29, 1.82) is 0 Å². The molecule has 0 saturated carbocycles. The van der Waals surface area contributed by atoms with E-state index in [9.17, 15) is 13.2 Å². The van der Waals surface area contributed by atoms with E-state index in [1.807, 2.05) is 48.5 Å². The van der Waals surface area contributed by atoms with Crippen LogP contribution in [0, 0.1) is 0 Å². The van der Waals surface area contributed by atoms with Gasteiger partial charge in [0, 0.05) is 24.7 Å². The van der Waals surface area contributed by atoms with Gasteiger partial charge in [-0.25, -0.2) is 8.42 Å². The third kappa shape index (κ3) is 4.98. The number of hydrogen-bond donors (Lipinski definition) is 0. The molecule has 5 nitrogen and oxygen atoms in total. The fraction of sp³-hybridized carbons (Fsp3) is 0.208. The lowest BCUT2D eigenvalue weighted by Gasteiger charge is -2.31. The lowest BCUT2D eigenvalue weighted by Crippen LogP contribution is -2.44. The Labute approximate surface area is 187 Å². The second-order valence-electron chi connectivity index (χ2n) is 7.55. The van der Waals surface area contributed by atoms with Crippen LogP contribution in [0.2, 0.25) is 5.02 Å². The molecule has 0 atom stereocenters. The number of amides is 1.